The Bertz CT molecular complexity index is 380. The fraction of sp³-hybridized carbons (Fsp3) is 0.688. The van der Waals surface area contributed by atoms with Crippen LogP contribution in [0.4, 0.5) is 0 Å². The van der Waals surface area contributed by atoms with Gasteiger partial charge in [0.15, 0.2) is 6.79 Å². The first-order valence-electron chi connectivity index (χ1n) is 7.66. The van der Waals surface area contributed by atoms with Crippen LogP contribution < -0.4 is 0 Å². The third-order valence-electron chi connectivity index (χ3n) is 3.42. The molecule has 0 saturated carbocycles. The van der Waals surface area contributed by atoms with Crippen LogP contribution in [0.25, 0.3) is 0 Å². The highest BCUT2D eigenvalue weighted by atomic mass is 32.2. The van der Waals surface area contributed by atoms with Gasteiger partial charge in [-0.1, -0.05) is 13.8 Å². The van der Waals surface area contributed by atoms with Crippen molar-refractivity contribution in [3.05, 3.63) is 23.1 Å². The molecular weight excluding hydrogens is 284 g/mol. The van der Waals surface area contributed by atoms with Crippen LogP contribution in [0.2, 0.25) is 0 Å². The van der Waals surface area contributed by atoms with Gasteiger partial charge in [-0.15, -0.1) is 0 Å². The number of nitrogens with zero attached hydrogens (tertiary/aromatic N) is 2. The van der Waals surface area contributed by atoms with Crippen molar-refractivity contribution in [2.75, 3.05) is 53.7 Å². The minimum atomic E-state index is -0.230. The van der Waals surface area contributed by atoms with Gasteiger partial charge in [-0.3, -0.25) is 9.08 Å². The van der Waals surface area contributed by atoms with Crippen LogP contribution in [0.3, 0.4) is 0 Å². The van der Waals surface area contributed by atoms with Crippen molar-refractivity contribution in [2.24, 2.45) is 0 Å². The topological polar surface area (TPSA) is 24.9 Å². The van der Waals surface area contributed by atoms with Gasteiger partial charge in [0.1, 0.15) is 0 Å². The van der Waals surface area contributed by atoms with Crippen LogP contribution in [0.15, 0.2) is 23.1 Å². The van der Waals surface area contributed by atoms with E-state index in [1.165, 1.54) is 12.0 Å². The second kappa shape index (κ2) is 11.2. The lowest BCUT2D eigenvalue weighted by Crippen LogP contribution is -2.35. The minimum absolute atomic E-state index is 0.230. The van der Waals surface area contributed by atoms with Gasteiger partial charge >= 0.3 is 0 Å². The molecule has 0 aliphatic carbocycles. The molecule has 0 N–H and O–H groups in total. The molecule has 1 heterocycles. The first-order valence-corrected chi connectivity index (χ1v) is 8.94. The Kier molecular flexibility index (Phi) is 9.87. The molecule has 1 unspecified atom stereocenters. The Morgan fingerprint density at radius 3 is 2.57 bits per heavy atom. The molecule has 0 aromatic heterocycles. The SMILES string of the molecule is CCCN(CCN(C)CC)CC1=CC=S(OCOC)C=C1. The molecule has 0 radical (unpaired) electrons. The molecule has 0 fully saturated rings. The van der Waals surface area contributed by atoms with Crippen LogP contribution in [0, 0.1) is 0 Å². The molecule has 21 heavy (non-hydrogen) atoms. The van der Waals surface area contributed by atoms with Gasteiger partial charge in [0, 0.05) is 26.7 Å². The third kappa shape index (κ3) is 7.93. The molecule has 0 saturated heterocycles. The molecule has 1 atom stereocenters. The predicted molar refractivity (Wildman–Crippen MR) is 93.7 cm³/mol. The highest BCUT2D eigenvalue weighted by molar-refractivity contribution is 8.13. The lowest BCUT2D eigenvalue weighted by Gasteiger charge is -2.25. The third-order valence-corrected chi connectivity index (χ3v) is 4.60. The Labute approximate surface area is 132 Å². The number of methoxy groups -OCH3 is 1. The second-order valence-corrected chi connectivity index (χ2v) is 6.64. The zero-order chi connectivity index (χ0) is 15.5. The first kappa shape index (κ1) is 18.6. The highest BCUT2D eigenvalue weighted by Crippen LogP contribution is 2.21. The van der Waals surface area contributed by atoms with E-state index in [1.54, 1.807) is 7.11 Å². The van der Waals surface area contributed by atoms with Crippen LogP contribution in [0.1, 0.15) is 20.3 Å². The zero-order valence-corrected chi connectivity index (χ0v) is 14.7. The summed E-state index contributed by atoms with van der Waals surface area (Å²) in [5.41, 5.74) is 1.35. The molecule has 1 aliphatic heterocycles. The highest BCUT2D eigenvalue weighted by Gasteiger charge is 2.08. The van der Waals surface area contributed by atoms with E-state index >= 15 is 0 Å². The molecule has 1 aliphatic rings. The van der Waals surface area contributed by atoms with E-state index in [0.29, 0.717) is 6.79 Å². The van der Waals surface area contributed by atoms with E-state index in [1.807, 2.05) is 0 Å². The van der Waals surface area contributed by atoms with Gasteiger partial charge in [-0.2, -0.15) is 0 Å². The van der Waals surface area contributed by atoms with Crippen LogP contribution in [-0.2, 0) is 8.92 Å². The summed E-state index contributed by atoms with van der Waals surface area (Å²) in [6.45, 7) is 10.3. The summed E-state index contributed by atoms with van der Waals surface area (Å²) in [4.78, 5) is 4.88. The van der Waals surface area contributed by atoms with E-state index in [-0.39, 0.29) is 10.8 Å². The average molecular weight is 314 g/mol. The summed E-state index contributed by atoms with van der Waals surface area (Å²) in [6, 6.07) is 0. The Hall–Kier alpha value is -0.460. The summed E-state index contributed by atoms with van der Waals surface area (Å²) >= 11 is 0. The van der Waals surface area contributed by atoms with E-state index in [0.717, 1.165) is 32.7 Å². The van der Waals surface area contributed by atoms with E-state index < -0.39 is 0 Å². The molecule has 0 aromatic rings. The summed E-state index contributed by atoms with van der Waals surface area (Å²) in [5.74, 6) is 0. The van der Waals surface area contributed by atoms with Gasteiger partial charge in [-0.05, 0) is 65.8 Å². The summed E-state index contributed by atoms with van der Waals surface area (Å²) < 4.78 is 10.5. The Morgan fingerprint density at radius 1 is 1.19 bits per heavy atom. The van der Waals surface area contributed by atoms with Crippen molar-refractivity contribution < 1.29 is 8.92 Å². The molecule has 4 nitrogen and oxygen atoms in total. The van der Waals surface area contributed by atoms with Crippen LogP contribution in [-0.4, -0.2) is 68.8 Å². The van der Waals surface area contributed by atoms with E-state index in [2.05, 4.69) is 53.6 Å². The molecule has 0 amide bonds. The summed E-state index contributed by atoms with van der Waals surface area (Å²) in [5, 5.41) is 4.24. The van der Waals surface area contributed by atoms with Gasteiger partial charge in [0.05, 0.1) is 0 Å². The zero-order valence-electron chi connectivity index (χ0n) is 13.9. The number of hydrogen-bond acceptors (Lipinski definition) is 4. The first-order chi connectivity index (χ1) is 10.2. The number of ether oxygens (including phenoxy) is 1. The van der Waals surface area contributed by atoms with Crippen LogP contribution >= 0.6 is 10.8 Å². The number of allylic oxidation sites excluding steroid dienone is 1. The van der Waals surface area contributed by atoms with Gasteiger partial charge in [0.25, 0.3) is 0 Å². The largest absolute Gasteiger partial charge is 0.358 e. The summed E-state index contributed by atoms with van der Waals surface area (Å²) in [6.07, 6.45) is 5.56. The fourth-order valence-electron chi connectivity index (χ4n) is 2.01. The quantitative estimate of drug-likeness (QED) is 0.432. The number of rotatable bonds is 11. The number of hydrogen-bond donors (Lipinski definition) is 0. The Morgan fingerprint density at radius 2 is 2.00 bits per heavy atom. The molecule has 0 spiro atoms. The van der Waals surface area contributed by atoms with E-state index in [9.17, 15) is 0 Å². The van der Waals surface area contributed by atoms with E-state index in [4.69, 9.17) is 8.92 Å². The lowest BCUT2D eigenvalue weighted by atomic mass is 10.2. The molecule has 122 valence electrons. The molecule has 5 heteroatoms. The fourth-order valence-corrected chi connectivity index (χ4v) is 3.09. The monoisotopic (exact) mass is 314 g/mol. The second-order valence-electron chi connectivity index (χ2n) is 5.21. The standard InChI is InChI=1S/C16H30N2O2S/c1-5-9-18(11-10-17(3)6-2)14-16-7-12-21(13-8-16)20-15-19-4/h7-8,12-13H,5-6,9-11,14-15H2,1-4H3. The molecule has 0 aromatic carbocycles. The maximum absolute atomic E-state index is 5.52. The van der Waals surface area contributed by atoms with Crippen molar-refractivity contribution in [1.29, 1.82) is 0 Å². The van der Waals surface area contributed by atoms with Crippen molar-refractivity contribution in [2.45, 2.75) is 20.3 Å². The van der Waals surface area contributed by atoms with Gasteiger partial charge in [-0.25, -0.2) is 0 Å². The molecule has 1 rings (SSSR count). The van der Waals surface area contributed by atoms with Crippen molar-refractivity contribution in [3.63, 3.8) is 0 Å². The van der Waals surface area contributed by atoms with Gasteiger partial charge < -0.3 is 9.64 Å². The molecule has 0 bridgehead atoms. The van der Waals surface area contributed by atoms with Gasteiger partial charge in [0.2, 0.25) is 0 Å². The normalized spacial score (nSPS) is 18.2. The predicted octanol–water partition coefficient (Wildman–Crippen LogP) is 2.71. The molecular formula is C16H30N2O2S. The lowest BCUT2D eigenvalue weighted by molar-refractivity contribution is 0.0672. The van der Waals surface area contributed by atoms with Crippen molar-refractivity contribution in [3.8, 4) is 0 Å². The van der Waals surface area contributed by atoms with Crippen molar-refractivity contribution in [1.82, 2.24) is 9.80 Å². The average Bonchev–Trinajstić information content (AvgIpc) is 2.51. The smallest absolute Gasteiger partial charge is 0.159 e. The number of likely N-dealkylation sites (N-methyl/N-ethyl adjacent to an activating group) is 1. The maximum Gasteiger partial charge on any atom is 0.159 e. The maximum atomic E-state index is 5.52. The minimum Gasteiger partial charge on any atom is -0.358 e. The summed E-state index contributed by atoms with van der Waals surface area (Å²) in [7, 11) is 3.59. The van der Waals surface area contributed by atoms with Crippen molar-refractivity contribution >= 4 is 16.1 Å². The van der Waals surface area contributed by atoms with Crippen LogP contribution in [0.5, 0.6) is 0 Å². The Balaban J connectivity index is 2.46.